The first kappa shape index (κ1) is 7.97. The highest BCUT2D eigenvalue weighted by Crippen LogP contribution is 2.06. The van der Waals surface area contributed by atoms with Crippen LogP contribution in [0.3, 0.4) is 0 Å². The molecule has 3 heteroatoms. The summed E-state index contributed by atoms with van der Waals surface area (Å²) in [5, 5.41) is 0. The van der Waals surface area contributed by atoms with E-state index in [9.17, 15) is 0 Å². The minimum Gasteiger partial charge on any atom is -0.405 e. The summed E-state index contributed by atoms with van der Waals surface area (Å²) >= 11 is 1.97. The van der Waals surface area contributed by atoms with Crippen molar-refractivity contribution in [2.75, 3.05) is 0 Å². The van der Waals surface area contributed by atoms with Crippen LogP contribution in [-0.2, 0) is 4.84 Å². The van der Waals surface area contributed by atoms with Crippen LogP contribution in [0, 0.1) is 0 Å². The molecule has 2 N–H and O–H groups in total. The number of allylic oxidation sites excluding steroid dienone is 2. The van der Waals surface area contributed by atoms with Gasteiger partial charge in [-0.2, -0.15) is 5.90 Å². The van der Waals surface area contributed by atoms with Gasteiger partial charge in [-0.15, -0.1) is 0 Å². The van der Waals surface area contributed by atoms with Gasteiger partial charge in [-0.05, 0) is 13.0 Å². The zero-order valence-electron chi connectivity index (χ0n) is 4.65. The van der Waals surface area contributed by atoms with Gasteiger partial charge in [0, 0.05) is 22.6 Å². The van der Waals surface area contributed by atoms with Gasteiger partial charge in [-0.1, -0.05) is 12.2 Å². The minimum absolute atomic E-state index is 0.648. The van der Waals surface area contributed by atoms with Gasteiger partial charge in [0.25, 0.3) is 0 Å². The van der Waals surface area contributed by atoms with Crippen LogP contribution < -0.4 is 5.90 Å². The Morgan fingerprint density at radius 2 is 2.38 bits per heavy atom. The molecule has 8 heavy (non-hydrogen) atoms. The maximum Gasteiger partial charge on any atom is 0.183 e. The lowest BCUT2D eigenvalue weighted by Crippen LogP contribution is -1.92. The molecule has 0 rings (SSSR count). The van der Waals surface area contributed by atoms with Crippen molar-refractivity contribution < 1.29 is 4.84 Å². The van der Waals surface area contributed by atoms with Gasteiger partial charge in [0.2, 0.25) is 0 Å². The summed E-state index contributed by atoms with van der Waals surface area (Å²) in [5.74, 6) is 4.80. The number of rotatable bonds is 2. The van der Waals surface area contributed by atoms with E-state index in [-0.39, 0.29) is 0 Å². The van der Waals surface area contributed by atoms with Crippen molar-refractivity contribution in [2.45, 2.75) is 6.92 Å². The lowest BCUT2D eigenvalue weighted by molar-refractivity contribution is 0.255. The van der Waals surface area contributed by atoms with Crippen LogP contribution in [0.1, 0.15) is 6.92 Å². The highest BCUT2D eigenvalue weighted by molar-refractivity contribution is 14.1. The average Bonchev–Trinajstić information content (AvgIpc) is 1.65. The largest absolute Gasteiger partial charge is 0.405 e. The van der Waals surface area contributed by atoms with Crippen molar-refractivity contribution in [3.8, 4) is 0 Å². The van der Waals surface area contributed by atoms with Gasteiger partial charge >= 0.3 is 0 Å². The molecule has 0 aliphatic heterocycles. The van der Waals surface area contributed by atoms with Crippen molar-refractivity contribution in [1.82, 2.24) is 0 Å². The Balaban J connectivity index is 3.75. The lowest BCUT2D eigenvalue weighted by Gasteiger charge is -1.92. The summed E-state index contributed by atoms with van der Waals surface area (Å²) in [6, 6.07) is 0. The normalized spacial score (nSPS) is 11.1. The monoisotopic (exact) mass is 225 g/mol. The van der Waals surface area contributed by atoms with Gasteiger partial charge in [0.05, 0.1) is 0 Å². The first-order chi connectivity index (χ1) is 3.66. The van der Waals surface area contributed by atoms with Gasteiger partial charge in [0.1, 0.15) is 0 Å². The van der Waals surface area contributed by atoms with Crippen LogP contribution in [0.5, 0.6) is 0 Å². The molecule has 0 spiro atoms. The fourth-order valence-corrected chi connectivity index (χ4v) is 0.759. The zero-order chi connectivity index (χ0) is 6.57. The van der Waals surface area contributed by atoms with E-state index in [2.05, 4.69) is 11.4 Å². The molecule has 0 unspecified atom stereocenters. The van der Waals surface area contributed by atoms with E-state index in [4.69, 9.17) is 5.90 Å². The van der Waals surface area contributed by atoms with Gasteiger partial charge in [-0.3, -0.25) is 0 Å². The van der Waals surface area contributed by atoms with Gasteiger partial charge in [0.15, 0.2) is 3.77 Å². The predicted octanol–water partition coefficient (Wildman–Crippen LogP) is 1.73. The number of halogens is 1. The number of hydrogen-bond acceptors (Lipinski definition) is 2. The van der Waals surface area contributed by atoms with Crippen molar-refractivity contribution in [1.29, 1.82) is 0 Å². The number of hydrogen-bond donors (Lipinski definition) is 1. The molecule has 0 aromatic heterocycles. The molecule has 0 heterocycles. The quantitative estimate of drug-likeness (QED) is 0.336. The fraction of sp³-hybridized carbons (Fsp3) is 0.200. The summed E-state index contributed by atoms with van der Waals surface area (Å²) in [4.78, 5) is 4.35. The molecular weight excluding hydrogens is 217 g/mol. The van der Waals surface area contributed by atoms with E-state index in [1.807, 2.05) is 29.5 Å². The zero-order valence-corrected chi connectivity index (χ0v) is 6.81. The first-order valence-electron chi connectivity index (χ1n) is 2.06. The molecule has 0 saturated carbocycles. The van der Waals surface area contributed by atoms with Gasteiger partial charge in [-0.25, -0.2) is 0 Å². The SMILES string of the molecule is C=C(C)/C=C(/I)ON. The molecule has 0 atom stereocenters. The summed E-state index contributed by atoms with van der Waals surface area (Å²) in [6.45, 7) is 5.50. The van der Waals surface area contributed by atoms with Crippen LogP contribution in [0.15, 0.2) is 22.0 Å². The minimum atomic E-state index is 0.648. The predicted molar refractivity (Wildman–Crippen MR) is 42.2 cm³/mol. The summed E-state index contributed by atoms with van der Waals surface area (Å²) < 4.78 is 0.648. The summed E-state index contributed by atoms with van der Waals surface area (Å²) in [5.41, 5.74) is 0.930. The van der Waals surface area contributed by atoms with E-state index in [1.165, 1.54) is 0 Å². The molecule has 0 aromatic carbocycles. The fourth-order valence-electron chi connectivity index (χ4n) is 0.228. The number of nitrogens with two attached hydrogens (primary N) is 1. The highest BCUT2D eigenvalue weighted by atomic mass is 127. The summed E-state index contributed by atoms with van der Waals surface area (Å²) in [6.07, 6.45) is 1.75. The Bertz CT molecular complexity index is 120. The van der Waals surface area contributed by atoms with Crippen molar-refractivity contribution in [2.24, 2.45) is 5.90 Å². The molecule has 46 valence electrons. The second-order valence-electron chi connectivity index (χ2n) is 1.41. The van der Waals surface area contributed by atoms with Crippen LogP contribution in [0.4, 0.5) is 0 Å². The average molecular weight is 225 g/mol. The molecular formula is C5H8INO. The van der Waals surface area contributed by atoms with E-state index < -0.39 is 0 Å². The molecule has 0 saturated heterocycles. The molecule has 0 bridgehead atoms. The molecule has 0 amide bonds. The maximum absolute atomic E-state index is 4.80. The van der Waals surface area contributed by atoms with Crippen LogP contribution in [0.25, 0.3) is 0 Å². The van der Waals surface area contributed by atoms with E-state index in [0.29, 0.717) is 3.77 Å². The Labute approximate surface area is 62.5 Å². The Morgan fingerprint density at radius 3 is 2.50 bits per heavy atom. The lowest BCUT2D eigenvalue weighted by atomic mass is 10.4. The van der Waals surface area contributed by atoms with Crippen molar-refractivity contribution >= 4 is 22.6 Å². The van der Waals surface area contributed by atoms with E-state index >= 15 is 0 Å². The third kappa shape index (κ3) is 4.14. The topological polar surface area (TPSA) is 35.2 Å². The second-order valence-corrected chi connectivity index (χ2v) is 2.48. The third-order valence-electron chi connectivity index (χ3n) is 0.472. The molecule has 2 nitrogen and oxygen atoms in total. The van der Waals surface area contributed by atoms with E-state index in [1.54, 1.807) is 6.08 Å². The molecule has 0 fully saturated rings. The third-order valence-corrected chi connectivity index (χ3v) is 1.04. The van der Waals surface area contributed by atoms with Gasteiger partial charge < -0.3 is 4.84 Å². The van der Waals surface area contributed by atoms with Crippen LogP contribution >= 0.6 is 22.6 Å². The smallest absolute Gasteiger partial charge is 0.183 e. The summed E-state index contributed by atoms with van der Waals surface area (Å²) in [7, 11) is 0. The van der Waals surface area contributed by atoms with Crippen molar-refractivity contribution in [3.05, 3.63) is 22.0 Å². The molecule has 0 aromatic rings. The van der Waals surface area contributed by atoms with Crippen LogP contribution in [-0.4, -0.2) is 0 Å². The molecule has 0 aliphatic rings. The second kappa shape index (κ2) is 3.91. The van der Waals surface area contributed by atoms with Crippen LogP contribution in [0.2, 0.25) is 0 Å². The highest BCUT2D eigenvalue weighted by Gasteiger charge is 1.84. The maximum atomic E-state index is 4.80. The van der Waals surface area contributed by atoms with E-state index in [0.717, 1.165) is 5.57 Å². The Morgan fingerprint density at radius 1 is 1.88 bits per heavy atom. The first-order valence-corrected chi connectivity index (χ1v) is 3.14. The Kier molecular flexibility index (Phi) is 3.90. The molecule has 0 radical (unpaired) electrons. The standard InChI is InChI=1S/C5H8INO/c1-4(2)3-5(6)8-7/h3H,1,7H2,2H3/b5-3-. The Hall–Kier alpha value is -0.0300. The van der Waals surface area contributed by atoms with Crippen molar-refractivity contribution in [3.63, 3.8) is 0 Å². The molecule has 0 aliphatic carbocycles.